The number of fused-ring (bicyclic) bond motifs is 1. The zero-order valence-electron chi connectivity index (χ0n) is 9.68. The van der Waals surface area contributed by atoms with Gasteiger partial charge in [0.2, 0.25) is 0 Å². The molecule has 1 aromatic heterocycles. The largest absolute Gasteiger partial charge is 0.653 e. The summed E-state index contributed by atoms with van der Waals surface area (Å²) in [6.07, 6.45) is 3.64. The van der Waals surface area contributed by atoms with Crippen LogP contribution >= 0.6 is 18.8 Å². The van der Waals surface area contributed by atoms with Gasteiger partial charge in [0, 0.05) is 0 Å². The number of nitrogens with one attached hydrogen (secondary N) is 1. The molecule has 2 heterocycles. The SMILES string of the molecule is [Cl][Pt][Cl].c1ccc2[nH]c(C3CCCC[N-]3)nc2c1. The molecule has 0 spiro atoms. The van der Waals surface area contributed by atoms with Crippen LogP contribution in [0.25, 0.3) is 16.4 Å². The molecule has 1 aliphatic heterocycles. The van der Waals surface area contributed by atoms with E-state index in [1.54, 1.807) is 0 Å². The third-order valence-corrected chi connectivity index (χ3v) is 2.96. The molecule has 6 heteroatoms. The van der Waals surface area contributed by atoms with Crippen molar-refractivity contribution in [3.8, 4) is 0 Å². The number of nitrogens with zero attached hydrogens (tertiary/aromatic N) is 2. The van der Waals surface area contributed by atoms with E-state index < -0.39 is 16.5 Å². The predicted molar refractivity (Wildman–Crippen MR) is 72.6 cm³/mol. The van der Waals surface area contributed by atoms with Crippen LogP contribution in [-0.4, -0.2) is 16.5 Å². The number of halogens is 2. The van der Waals surface area contributed by atoms with Crippen molar-refractivity contribution in [2.24, 2.45) is 0 Å². The van der Waals surface area contributed by atoms with Crippen molar-refractivity contribution in [2.75, 3.05) is 6.54 Å². The maximum atomic E-state index is 4.88. The summed E-state index contributed by atoms with van der Waals surface area (Å²) in [5.41, 5.74) is 2.17. The number of hydrogen-bond donors (Lipinski definition) is 1. The summed E-state index contributed by atoms with van der Waals surface area (Å²) in [5, 5.41) is 4.60. The van der Waals surface area contributed by atoms with E-state index in [2.05, 4.69) is 21.4 Å². The smallest absolute Gasteiger partial charge is 0.0890 e. The van der Waals surface area contributed by atoms with E-state index in [-0.39, 0.29) is 0 Å². The van der Waals surface area contributed by atoms with Gasteiger partial charge >= 0.3 is 35.3 Å². The van der Waals surface area contributed by atoms with Crippen molar-refractivity contribution >= 4 is 29.9 Å². The summed E-state index contributed by atoms with van der Waals surface area (Å²) in [4.78, 5) is 7.95. The second kappa shape index (κ2) is 7.49. The molecule has 102 valence electrons. The maximum Gasteiger partial charge on any atom is 0.0890 e. The number of piperidine rings is 1. The number of H-pyrrole nitrogens is 1. The average molecular weight is 466 g/mol. The zero-order chi connectivity index (χ0) is 12.8. The fourth-order valence-corrected chi connectivity index (χ4v) is 2.14. The van der Waals surface area contributed by atoms with Crippen LogP contribution in [0.15, 0.2) is 24.3 Å². The van der Waals surface area contributed by atoms with Crippen LogP contribution in [0.4, 0.5) is 0 Å². The van der Waals surface area contributed by atoms with E-state index in [9.17, 15) is 0 Å². The number of imidazole rings is 1. The van der Waals surface area contributed by atoms with E-state index in [0.29, 0.717) is 6.04 Å². The van der Waals surface area contributed by atoms with Gasteiger partial charge in [0.15, 0.2) is 0 Å². The van der Waals surface area contributed by atoms with Gasteiger partial charge in [-0.15, -0.1) is 6.54 Å². The van der Waals surface area contributed by atoms with E-state index in [1.807, 2.05) is 18.2 Å². The quantitative estimate of drug-likeness (QED) is 0.660. The van der Waals surface area contributed by atoms with Crippen molar-refractivity contribution in [1.29, 1.82) is 0 Å². The standard InChI is InChI=1S/C12H14N3.2ClH.Pt/c1-2-6-10-9(5-1)14-12(15-10)11-7-3-4-8-13-11;;;/h1-2,5-6,11H,3-4,7-8H2,(H,14,15);2*1H;/q-1;;;+2/p-2. The van der Waals surface area contributed by atoms with Gasteiger partial charge in [0.25, 0.3) is 0 Å². The van der Waals surface area contributed by atoms with Gasteiger partial charge in [-0.3, -0.25) is 0 Å². The molecule has 3 rings (SSSR count). The van der Waals surface area contributed by atoms with Crippen molar-refractivity contribution in [3.05, 3.63) is 35.4 Å². The Bertz CT molecular complexity index is 450. The summed E-state index contributed by atoms with van der Waals surface area (Å²) >= 11 is -0.472. The molecule has 1 aliphatic rings. The second-order valence-corrected chi connectivity index (χ2v) is 7.38. The Morgan fingerprint density at radius 1 is 1.28 bits per heavy atom. The predicted octanol–water partition coefficient (Wildman–Crippen LogP) is 4.54. The molecule has 3 nitrogen and oxygen atoms in total. The fourth-order valence-electron chi connectivity index (χ4n) is 2.14. The molecule has 0 saturated carbocycles. The minimum Gasteiger partial charge on any atom is -0.653 e. The molecule has 1 unspecified atom stereocenters. The van der Waals surface area contributed by atoms with Crippen molar-refractivity contribution in [3.63, 3.8) is 0 Å². The fraction of sp³-hybridized carbons (Fsp3) is 0.417. The summed E-state index contributed by atoms with van der Waals surface area (Å²) in [6, 6.07) is 8.45. The van der Waals surface area contributed by atoms with Crippen LogP contribution in [0, 0.1) is 0 Å². The summed E-state index contributed by atoms with van der Waals surface area (Å²) in [6.45, 7) is 0.988. The number of rotatable bonds is 1. The zero-order valence-corrected chi connectivity index (χ0v) is 13.5. The van der Waals surface area contributed by atoms with Crippen molar-refractivity contribution in [1.82, 2.24) is 9.97 Å². The van der Waals surface area contributed by atoms with Crippen LogP contribution < -0.4 is 0 Å². The molecule has 1 fully saturated rings. The Hall–Kier alpha value is -0.0817. The first kappa shape index (κ1) is 14.3. The monoisotopic (exact) mass is 465 g/mol. The van der Waals surface area contributed by atoms with Gasteiger partial charge < -0.3 is 10.3 Å². The molecule has 0 aliphatic carbocycles. The third-order valence-electron chi connectivity index (χ3n) is 2.96. The van der Waals surface area contributed by atoms with Crippen LogP contribution in [0.3, 0.4) is 0 Å². The van der Waals surface area contributed by atoms with Gasteiger partial charge in [0.1, 0.15) is 0 Å². The average Bonchev–Trinajstić information content (AvgIpc) is 2.84. The minimum absolute atomic E-state index is 0.297. The van der Waals surface area contributed by atoms with E-state index in [4.69, 9.17) is 18.8 Å². The van der Waals surface area contributed by atoms with Crippen molar-refractivity contribution in [2.45, 2.75) is 25.3 Å². The summed E-state index contributed by atoms with van der Waals surface area (Å²) in [5.74, 6) is 1.04. The Balaban J connectivity index is 0.000000367. The van der Waals surface area contributed by atoms with Gasteiger partial charge in [0.05, 0.1) is 16.9 Å². The normalized spacial score (nSPS) is 19.6. The van der Waals surface area contributed by atoms with Crippen LogP contribution in [-0.2, 0) is 16.5 Å². The molecule has 0 bridgehead atoms. The first-order valence-corrected chi connectivity index (χ1v) is 11.4. The van der Waals surface area contributed by atoms with Crippen LogP contribution in [0.5, 0.6) is 0 Å². The topological polar surface area (TPSA) is 42.8 Å². The molecule has 1 saturated heterocycles. The molecule has 18 heavy (non-hydrogen) atoms. The van der Waals surface area contributed by atoms with Gasteiger partial charge in [-0.25, -0.2) is 4.98 Å². The Morgan fingerprint density at radius 2 is 2.06 bits per heavy atom. The Kier molecular flexibility index (Phi) is 5.97. The molecule has 1 atom stereocenters. The van der Waals surface area contributed by atoms with E-state index in [1.165, 1.54) is 12.8 Å². The number of hydrogen-bond acceptors (Lipinski definition) is 1. The van der Waals surface area contributed by atoms with Crippen molar-refractivity contribution < 1.29 is 16.5 Å². The van der Waals surface area contributed by atoms with Gasteiger partial charge in [-0.05, 0) is 12.1 Å². The molecule has 1 aromatic carbocycles. The maximum absolute atomic E-state index is 4.88. The summed E-state index contributed by atoms with van der Waals surface area (Å²) < 4.78 is 0. The number of aromatic amines is 1. The molecular weight excluding hydrogens is 452 g/mol. The number of aromatic nitrogens is 2. The molecule has 1 N–H and O–H groups in total. The molecule has 2 aromatic rings. The third kappa shape index (κ3) is 3.71. The van der Waals surface area contributed by atoms with E-state index in [0.717, 1.165) is 29.8 Å². The number of benzene rings is 1. The summed E-state index contributed by atoms with van der Waals surface area (Å²) in [7, 11) is 9.75. The van der Waals surface area contributed by atoms with Crippen LogP contribution in [0.1, 0.15) is 31.1 Å². The minimum atomic E-state index is -0.472. The Morgan fingerprint density at radius 3 is 2.72 bits per heavy atom. The molecule has 0 amide bonds. The first-order valence-electron chi connectivity index (χ1n) is 5.78. The molecule has 0 radical (unpaired) electrons. The van der Waals surface area contributed by atoms with Gasteiger partial charge in [-0.2, -0.15) is 0 Å². The number of para-hydroxylation sites is 2. The van der Waals surface area contributed by atoms with Gasteiger partial charge in [-0.1, -0.05) is 37.4 Å². The van der Waals surface area contributed by atoms with E-state index >= 15 is 0 Å². The Labute approximate surface area is 123 Å². The molecular formula is C12H14Cl2N3Pt-. The second-order valence-electron chi connectivity index (χ2n) is 4.10. The first-order chi connectivity index (χ1) is 8.85. The van der Waals surface area contributed by atoms with Crippen LogP contribution in [0.2, 0.25) is 0 Å².